The second kappa shape index (κ2) is 9.20. The van der Waals surface area contributed by atoms with Crippen molar-refractivity contribution >= 4 is 49.8 Å². The number of carbonyl (C=O) groups excluding carboxylic acids is 2. The molecule has 1 saturated heterocycles. The van der Waals surface area contributed by atoms with E-state index in [4.69, 9.17) is 0 Å². The largest absolute Gasteiger partial charge is 0.340 e. The van der Waals surface area contributed by atoms with Gasteiger partial charge in [0, 0.05) is 50.1 Å². The van der Waals surface area contributed by atoms with Gasteiger partial charge in [-0.25, -0.2) is 0 Å². The molecule has 33 heavy (non-hydrogen) atoms. The minimum absolute atomic E-state index is 0.0501. The monoisotopic (exact) mass is 439 g/mol. The molecule has 5 heteroatoms. The molecule has 0 radical (unpaired) electrons. The van der Waals surface area contributed by atoms with Crippen molar-refractivity contribution in [3.05, 3.63) is 66.7 Å². The molecule has 4 aromatic rings. The second-order valence-electron chi connectivity index (χ2n) is 8.94. The number of benzene rings is 4. The van der Waals surface area contributed by atoms with Crippen molar-refractivity contribution in [3.63, 3.8) is 0 Å². The molecule has 0 saturated carbocycles. The van der Waals surface area contributed by atoms with Crippen LogP contribution in [0.15, 0.2) is 66.7 Å². The van der Waals surface area contributed by atoms with Gasteiger partial charge in [-0.05, 0) is 46.5 Å². The molecule has 5 nitrogen and oxygen atoms in total. The summed E-state index contributed by atoms with van der Waals surface area (Å²) in [6.07, 6.45) is 1.31. The molecule has 1 heterocycles. The Morgan fingerprint density at radius 2 is 1.42 bits per heavy atom. The van der Waals surface area contributed by atoms with E-state index in [1.807, 2.05) is 29.2 Å². The first-order valence-electron chi connectivity index (χ1n) is 11.7. The van der Waals surface area contributed by atoms with E-state index in [-0.39, 0.29) is 11.8 Å². The Kier molecular flexibility index (Phi) is 5.97. The van der Waals surface area contributed by atoms with Gasteiger partial charge in [-0.1, -0.05) is 60.7 Å². The number of anilines is 1. The maximum absolute atomic E-state index is 12.8. The quantitative estimate of drug-likeness (QED) is 0.444. The van der Waals surface area contributed by atoms with Crippen LogP contribution >= 0.6 is 0 Å². The molecule has 1 N–H and O–H groups in total. The number of piperazine rings is 1. The van der Waals surface area contributed by atoms with Gasteiger partial charge in [0.15, 0.2) is 0 Å². The molecule has 0 spiro atoms. The third-order valence-corrected chi connectivity index (χ3v) is 6.69. The molecular weight excluding hydrogens is 410 g/mol. The Hall–Kier alpha value is -3.44. The third-order valence-electron chi connectivity index (χ3n) is 6.69. The van der Waals surface area contributed by atoms with Crippen LogP contribution in [-0.4, -0.2) is 54.8 Å². The van der Waals surface area contributed by atoms with E-state index in [2.05, 4.69) is 59.7 Å². The van der Waals surface area contributed by atoms with Crippen molar-refractivity contribution in [2.24, 2.45) is 0 Å². The number of hydrogen-bond acceptors (Lipinski definition) is 3. The van der Waals surface area contributed by atoms with E-state index in [1.54, 1.807) is 0 Å². The van der Waals surface area contributed by atoms with E-state index in [1.165, 1.54) is 16.2 Å². The summed E-state index contributed by atoms with van der Waals surface area (Å²) in [6.45, 7) is 3.38. The lowest BCUT2D eigenvalue weighted by molar-refractivity contribution is -0.132. The van der Waals surface area contributed by atoms with Gasteiger partial charge in [0.05, 0.1) is 0 Å². The predicted molar refractivity (Wildman–Crippen MR) is 136 cm³/mol. The lowest BCUT2D eigenvalue weighted by Gasteiger charge is -2.32. The van der Waals surface area contributed by atoms with E-state index in [0.717, 1.165) is 48.0 Å². The molecule has 5 rings (SSSR count). The Labute approximate surface area is 194 Å². The Balaban J connectivity index is 1.34. The first-order valence-corrected chi connectivity index (χ1v) is 11.7. The van der Waals surface area contributed by atoms with E-state index >= 15 is 0 Å². The molecule has 0 aliphatic carbocycles. The van der Waals surface area contributed by atoms with Crippen LogP contribution in [0, 0.1) is 0 Å². The summed E-state index contributed by atoms with van der Waals surface area (Å²) in [7, 11) is 2.07. The number of nitrogens with one attached hydrogen (secondary N) is 1. The standard InChI is InChI=1S/C28H29N3O2/c1-30-15-17-31(18-16-30)28(33)12-6-11-27(32)29-26-19-25-21-8-3-2-7-20(21)13-14-23(25)22-9-4-5-10-24(22)26/h2-5,7-10,13-14,19H,6,11-12,15-18H2,1H3,(H,29,32). The number of amides is 2. The summed E-state index contributed by atoms with van der Waals surface area (Å²) in [4.78, 5) is 29.4. The van der Waals surface area contributed by atoms with Gasteiger partial charge in [-0.3, -0.25) is 9.59 Å². The summed E-state index contributed by atoms with van der Waals surface area (Å²) in [5.41, 5.74) is 0.824. The zero-order chi connectivity index (χ0) is 22.8. The maximum Gasteiger partial charge on any atom is 0.224 e. The van der Waals surface area contributed by atoms with Gasteiger partial charge in [0.25, 0.3) is 0 Å². The molecule has 1 aliphatic rings. The van der Waals surface area contributed by atoms with Crippen LogP contribution in [0.3, 0.4) is 0 Å². The van der Waals surface area contributed by atoms with Crippen molar-refractivity contribution in [2.75, 3.05) is 38.5 Å². The van der Waals surface area contributed by atoms with Crippen LogP contribution in [0.5, 0.6) is 0 Å². The fraction of sp³-hybridized carbons (Fsp3) is 0.286. The highest BCUT2D eigenvalue weighted by atomic mass is 16.2. The number of fused-ring (bicyclic) bond motifs is 5. The minimum atomic E-state index is -0.0501. The molecule has 1 fully saturated rings. The highest BCUT2D eigenvalue weighted by Gasteiger charge is 2.19. The van der Waals surface area contributed by atoms with Crippen molar-refractivity contribution < 1.29 is 9.59 Å². The van der Waals surface area contributed by atoms with Crippen LogP contribution in [0.4, 0.5) is 5.69 Å². The Morgan fingerprint density at radius 3 is 2.21 bits per heavy atom. The number of likely N-dealkylation sites (N-methyl/N-ethyl adjacent to an activating group) is 1. The Morgan fingerprint density at radius 1 is 0.758 bits per heavy atom. The summed E-state index contributed by atoms with van der Waals surface area (Å²) < 4.78 is 0. The summed E-state index contributed by atoms with van der Waals surface area (Å²) >= 11 is 0. The topological polar surface area (TPSA) is 52.7 Å². The average molecular weight is 440 g/mol. The number of carbonyl (C=O) groups is 2. The van der Waals surface area contributed by atoms with Crippen molar-refractivity contribution in [2.45, 2.75) is 19.3 Å². The van der Waals surface area contributed by atoms with E-state index in [9.17, 15) is 9.59 Å². The predicted octanol–water partition coefficient (Wildman–Crippen LogP) is 5.03. The number of hydrogen-bond donors (Lipinski definition) is 1. The van der Waals surface area contributed by atoms with Gasteiger partial charge < -0.3 is 15.1 Å². The normalized spacial score (nSPS) is 14.8. The zero-order valence-corrected chi connectivity index (χ0v) is 19.0. The fourth-order valence-electron chi connectivity index (χ4n) is 4.79. The van der Waals surface area contributed by atoms with Crippen LogP contribution in [-0.2, 0) is 9.59 Å². The lowest BCUT2D eigenvalue weighted by atomic mass is 9.96. The van der Waals surface area contributed by atoms with E-state index in [0.29, 0.717) is 19.3 Å². The highest BCUT2D eigenvalue weighted by Crippen LogP contribution is 2.35. The van der Waals surface area contributed by atoms with Gasteiger partial charge >= 0.3 is 0 Å². The van der Waals surface area contributed by atoms with Crippen LogP contribution in [0.1, 0.15) is 19.3 Å². The van der Waals surface area contributed by atoms with Crippen LogP contribution in [0.2, 0.25) is 0 Å². The highest BCUT2D eigenvalue weighted by molar-refractivity contribution is 6.21. The van der Waals surface area contributed by atoms with Gasteiger partial charge in [0.2, 0.25) is 11.8 Å². The molecular formula is C28H29N3O2. The lowest BCUT2D eigenvalue weighted by Crippen LogP contribution is -2.47. The van der Waals surface area contributed by atoms with Crippen molar-refractivity contribution in [3.8, 4) is 0 Å². The summed E-state index contributed by atoms with van der Waals surface area (Å²) in [5.74, 6) is 0.101. The first-order chi connectivity index (χ1) is 16.1. The number of rotatable bonds is 5. The fourth-order valence-corrected chi connectivity index (χ4v) is 4.79. The molecule has 4 aromatic carbocycles. The zero-order valence-electron chi connectivity index (χ0n) is 19.0. The van der Waals surface area contributed by atoms with Crippen LogP contribution < -0.4 is 5.32 Å². The minimum Gasteiger partial charge on any atom is -0.340 e. The summed E-state index contributed by atoms with van der Waals surface area (Å²) in [6, 6.07) is 22.9. The molecule has 2 amide bonds. The van der Waals surface area contributed by atoms with Crippen molar-refractivity contribution in [1.29, 1.82) is 0 Å². The molecule has 0 bridgehead atoms. The molecule has 1 aliphatic heterocycles. The third kappa shape index (κ3) is 4.41. The van der Waals surface area contributed by atoms with Crippen LogP contribution in [0.25, 0.3) is 32.3 Å². The maximum atomic E-state index is 12.8. The molecule has 168 valence electrons. The smallest absolute Gasteiger partial charge is 0.224 e. The number of nitrogens with zero attached hydrogens (tertiary/aromatic N) is 2. The molecule has 0 atom stereocenters. The van der Waals surface area contributed by atoms with Crippen molar-refractivity contribution in [1.82, 2.24) is 9.80 Å². The molecule has 0 aromatic heterocycles. The van der Waals surface area contributed by atoms with Gasteiger partial charge in [0.1, 0.15) is 0 Å². The SMILES string of the molecule is CN1CCN(C(=O)CCCC(=O)Nc2cc3c4ccccc4ccc3c3ccccc23)CC1. The van der Waals surface area contributed by atoms with Gasteiger partial charge in [-0.2, -0.15) is 0 Å². The second-order valence-corrected chi connectivity index (χ2v) is 8.94. The summed E-state index contributed by atoms with van der Waals surface area (Å²) in [5, 5.41) is 9.95. The molecule has 0 unspecified atom stereocenters. The van der Waals surface area contributed by atoms with Gasteiger partial charge in [-0.15, -0.1) is 0 Å². The first kappa shape index (κ1) is 21.4. The average Bonchev–Trinajstić information content (AvgIpc) is 2.84. The Bertz CT molecular complexity index is 1340. The van der Waals surface area contributed by atoms with E-state index < -0.39 is 0 Å².